The first-order valence-electron chi connectivity index (χ1n) is 4.66. The fraction of sp³-hybridized carbons (Fsp3) is 0.0909. The minimum Gasteiger partial charge on any atom is -0.268 e. The number of imide groups is 1. The smallest absolute Gasteiger partial charge is 0.268 e. The Morgan fingerprint density at radius 2 is 1.59 bits per heavy atom. The van der Waals surface area contributed by atoms with Crippen molar-refractivity contribution in [2.75, 3.05) is 0 Å². The Labute approximate surface area is 113 Å². The lowest BCUT2D eigenvalue weighted by Crippen LogP contribution is -2.30. The summed E-state index contributed by atoms with van der Waals surface area (Å²) in [4.78, 5) is 24.2. The van der Waals surface area contributed by atoms with E-state index >= 15 is 0 Å². The van der Waals surface area contributed by atoms with Gasteiger partial charge in [-0.25, -0.2) is 0 Å². The van der Waals surface area contributed by atoms with Crippen molar-refractivity contribution in [1.29, 1.82) is 0 Å². The zero-order valence-corrected chi connectivity index (χ0v) is 10.7. The molecule has 0 aliphatic carbocycles. The monoisotopic (exact) mass is 289 g/mol. The number of nitrogens with zero attached hydrogens (tertiary/aromatic N) is 1. The van der Waals surface area contributed by atoms with Crippen molar-refractivity contribution in [1.82, 2.24) is 4.90 Å². The lowest BCUT2D eigenvalue weighted by molar-refractivity contribution is -0.137. The molecule has 0 unspecified atom stereocenters. The molecule has 1 aliphatic heterocycles. The van der Waals surface area contributed by atoms with E-state index in [4.69, 9.17) is 34.8 Å². The first-order valence-corrected chi connectivity index (χ1v) is 5.80. The Bertz CT molecular complexity index is 515. The number of rotatable bonds is 2. The highest BCUT2D eigenvalue weighted by Crippen LogP contribution is 2.28. The maximum absolute atomic E-state index is 11.6. The Morgan fingerprint density at radius 3 is 2.12 bits per heavy atom. The van der Waals surface area contributed by atoms with Crippen molar-refractivity contribution in [3.05, 3.63) is 44.9 Å². The molecule has 2 amide bonds. The molecule has 1 heterocycles. The highest BCUT2D eigenvalue weighted by Gasteiger charge is 2.36. The third-order valence-electron chi connectivity index (χ3n) is 2.29. The van der Waals surface area contributed by atoms with Gasteiger partial charge in [0.1, 0.15) is 10.1 Å². The summed E-state index contributed by atoms with van der Waals surface area (Å²) in [7, 11) is 0. The van der Waals surface area contributed by atoms with Crippen LogP contribution in [0.15, 0.2) is 34.3 Å². The molecule has 0 aromatic heterocycles. The molecule has 0 radical (unpaired) electrons. The molecular formula is C11H6Cl3NO2. The third kappa shape index (κ3) is 2.32. The number of amides is 2. The fourth-order valence-corrected chi connectivity index (χ4v) is 2.06. The van der Waals surface area contributed by atoms with E-state index in [2.05, 4.69) is 0 Å². The molecule has 1 aliphatic rings. The highest BCUT2D eigenvalue weighted by atomic mass is 35.5. The van der Waals surface area contributed by atoms with E-state index in [1.165, 1.54) is 0 Å². The maximum atomic E-state index is 11.6. The van der Waals surface area contributed by atoms with Crippen molar-refractivity contribution >= 4 is 46.6 Å². The van der Waals surface area contributed by atoms with Crippen LogP contribution in [0, 0.1) is 0 Å². The standard InChI is InChI=1S/C11H6Cl3NO2/c12-7-3-1-2-6(4-7)5-15-10(16)8(13)9(14)11(15)17/h1-4H,5H2. The van der Waals surface area contributed by atoms with E-state index < -0.39 is 11.8 Å². The van der Waals surface area contributed by atoms with Gasteiger partial charge in [-0.15, -0.1) is 0 Å². The van der Waals surface area contributed by atoms with Crippen molar-refractivity contribution in [2.45, 2.75) is 6.54 Å². The van der Waals surface area contributed by atoms with Crippen LogP contribution in [0.3, 0.4) is 0 Å². The summed E-state index contributed by atoms with van der Waals surface area (Å²) in [5.74, 6) is -1.16. The van der Waals surface area contributed by atoms with Crippen LogP contribution < -0.4 is 0 Å². The molecule has 3 nitrogen and oxygen atoms in total. The molecule has 0 N–H and O–H groups in total. The molecule has 0 fully saturated rings. The highest BCUT2D eigenvalue weighted by molar-refractivity contribution is 6.58. The Kier molecular flexibility index (Phi) is 3.43. The lowest BCUT2D eigenvalue weighted by atomic mass is 10.2. The SMILES string of the molecule is O=C1C(Cl)=C(Cl)C(=O)N1Cc1cccc(Cl)c1. The summed E-state index contributed by atoms with van der Waals surface area (Å²) >= 11 is 17.0. The van der Waals surface area contributed by atoms with Crippen molar-refractivity contribution < 1.29 is 9.59 Å². The molecule has 0 bridgehead atoms. The van der Waals surface area contributed by atoms with Gasteiger partial charge < -0.3 is 0 Å². The van der Waals surface area contributed by atoms with E-state index in [1.54, 1.807) is 24.3 Å². The van der Waals surface area contributed by atoms with Gasteiger partial charge in [0, 0.05) is 5.02 Å². The van der Waals surface area contributed by atoms with Crippen molar-refractivity contribution in [2.24, 2.45) is 0 Å². The normalized spacial score (nSPS) is 16.1. The van der Waals surface area contributed by atoms with E-state index in [1.807, 2.05) is 0 Å². The second kappa shape index (κ2) is 4.69. The molecule has 6 heteroatoms. The first kappa shape index (κ1) is 12.4. The molecule has 1 aromatic rings. The van der Waals surface area contributed by atoms with Gasteiger partial charge in [0.15, 0.2) is 0 Å². The second-order valence-corrected chi connectivity index (χ2v) is 4.65. The van der Waals surface area contributed by atoms with Gasteiger partial charge in [0.2, 0.25) is 0 Å². The van der Waals surface area contributed by atoms with Crippen LogP contribution in [-0.4, -0.2) is 16.7 Å². The number of carbonyl (C=O) groups excluding carboxylic acids is 2. The van der Waals surface area contributed by atoms with Crippen LogP contribution in [-0.2, 0) is 16.1 Å². The van der Waals surface area contributed by atoms with Crippen molar-refractivity contribution in [3.8, 4) is 0 Å². The molecule has 0 saturated heterocycles. The quantitative estimate of drug-likeness (QED) is 0.785. The summed E-state index contributed by atoms with van der Waals surface area (Å²) in [6, 6.07) is 6.87. The number of benzene rings is 1. The van der Waals surface area contributed by atoms with Gasteiger partial charge in [-0.1, -0.05) is 46.9 Å². The molecule has 0 saturated carbocycles. The zero-order valence-electron chi connectivity index (χ0n) is 8.41. The average Bonchev–Trinajstić information content (AvgIpc) is 2.47. The van der Waals surface area contributed by atoms with Gasteiger partial charge in [-0.2, -0.15) is 0 Å². The lowest BCUT2D eigenvalue weighted by Gasteiger charge is -2.14. The Hall–Kier alpha value is -1.03. The van der Waals surface area contributed by atoms with Crippen LogP contribution in [0.1, 0.15) is 5.56 Å². The van der Waals surface area contributed by atoms with E-state index in [-0.39, 0.29) is 16.6 Å². The predicted molar refractivity (Wildman–Crippen MR) is 65.7 cm³/mol. The summed E-state index contributed by atoms with van der Waals surface area (Å²) in [6.45, 7) is 0.102. The second-order valence-electron chi connectivity index (χ2n) is 3.45. The molecule has 1 aromatic carbocycles. The van der Waals surface area contributed by atoms with E-state index in [9.17, 15) is 9.59 Å². The molecule has 0 spiro atoms. The van der Waals surface area contributed by atoms with Crippen LogP contribution in [0.5, 0.6) is 0 Å². The van der Waals surface area contributed by atoms with Crippen LogP contribution in [0.2, 0.25) is 5.02 Å². The molecular weight excluding hydrogens is 284 g/mol. The number of hydrogen-bond donors (Lipinski definition) is 0. The topological polar surface area (TPSA) is 37.4 Å². The van der Waals surface area contributed by atoms with Gasteiger partial charge >= 0.3 is 0 Å². The van der Waals surface area contributed by atoms with Crippen LogP contribution in [0.25, 0.3) is 0 Å². The Balaban J connectivity index is 2.22. The fourth-order valence-electron chi connectivity index (χ4n) is 1.48. The first-order chi connectivity index (χ1) is 8.00. The number of carbonyl (C=O) groups is 2. The molecule has 88 valence electrons. The number of halogens is 3. The van der Waals surface area contributed by atoms with Crippen LogP contribution >= 0.6 is 34.8 Å². The largest absolute Gasteiger partial charge is 0.274 e. The van der Waals surface area contributed by atoms with Gasteiger partial charge in [-0.05, 0) is 17.7 Å². The minimum absolute atomic E-state index is 0.102. The van der Waals surface area contributed by atoms with Gasteiger partial charge in [0.25, 0.3) is 11.8 Å². The van der Waals surface area contributed by atoms with Crippen molar-refractivity contribution in [3.63, 3.8) is 0 Å². The molecule has 17 heavy (non-hydrogen) atoms. The third-order valence-corrected chi connectivity index (χ3v) is 3.32. The summed E-state index contributed by atoms with van der Waals surface area (Å²) in [5.41, 5.74) is 0.732. The summed E-state index contributed by atoms with van der Waals surface area (Å²) < 4.78 is 0. The number of hydrogen-bond acceptors (Lipinski definition) is 2. The minimum atomic E-state index is -0.582. The van der Waals surface area contributed by atoms with E-state index in [0.29, 0.717) is 5.02 Å². The summed E-state index contributed by atoms with van der Waals surface area (Å²) in [5, 5.41) is 0.0594. The molecule has 0 atom stereocenters. The average molecular weight is 291 g/mol. The van der Waals surface area contributed by atoms with Gasteiger partial charge in [0.05, 0.1) is 6.54 Å². The zero-order chi connectivity index (χ0) is 12.6. The summed E-state index contributed by atoms with van der Waals surface area (Å²) in [6.07, 6.45) is 0. The predicted octanol–water partition coefficient (Wildman–Crippen LogP) is 2.90. The van der Waals surface area contributed by atoms with Gasteiger partial charge in [-0.3, -0.25) is 14.5 Å². The Morgan fingerprint density at radius 1 is 1.00 bits per heavy atom. The van der Waals surface area contributed by atoms with Crippen LogP contribution in [0.4, 0.5) is 0 Å². The maximum Gasteiger partial charge on any atom is 0.274 e. The molecule has 2 rings (SSSR count). The van der Waals surface area contributed by atoms with E-state index in [0.717, 1.165) is 10.5 Å².